The number of hydrogen-bond donors (Lipinski definition) is 1. The van der Waals surface area contributed by atoms with Gasteiger partial charge < -0.3 is 9.64 Å². The Bertz CT molecular complexity index is 975. The number of ether oxygens (including phenoxy) is 1. The summed E-state index contributed by atoms with van der Waals surface area (Å²) in [6.07, 6.45) is 5.11. The normalized spacial score (nSPS) is 16.1. The highest BCUT2D eigenvalue weighted by atomic mass is 32.2. The Kier molecular flexibility index (Phi) is 8.36. The molecule has 0 atom stereocenters. The predicted molar refractivity (Wildman–Crippen MR) is 129 cm³/mol. The molecule has 1 aliphatic rings. The fourth-order valence-electron chi connectivity index (χ4n) is 4.05. The van der Waals surface area contributed by atoms with Crippen LogP contribution in [-0.2, 0) is 34.6 Å². The summed E-state index contributed by atoms with van der Waals surface area (Å²) in [5.41, 5.74) is 3.31. The van der Waals surface area contributed by atoms with E-state index in [2.05, 4.69) is 35.6 Å². The van der Waals surface area contributed by atoms with Crippen molar-refractivity contribution < 1.29 is 13.2 Å². The van der Waals surface area contributed by atoms with Gasteiger partial charge in [0.05, 0.1) is 28.1 Å². The summed E-state index contributed by atoms with van der Waals surface area (Å²) < 4.78 is 36.5. The van der Waals surface area contributed by atoms with Gasteiger partial charge in [-0.1, -0.05) is 26.0 Å². The van der Waals surface area contributed by atoms with Crippen molar-refractivity contribution in [2.24, 2.45) is 13.0 Å². The van der Waals surface area contributed by atoms with Gasteiger partial charge in [0.15, 0.2) is 0 Å². The Morgan fingerprint density at radius 1 is 1.16 bits per heavy atom. The molecule has 32 heavy (non-hydrogen) atoms. The van der Waals surface area contributed by atoms with Gasteiger partial charge >= 0.3 is 0 Å². The highest BCUT2D eigenvalue weighted by Crippen LogP contribution is 2.26. The second-order valence-corrected chi connectivity index (χ2v) is 11.0. The first-order valence-electron chi connectivity index (χ1n) is 11.6. The highest BCUT2D eigenvalue weighted by molar-refractivity contribution is 7.92. The standard InChI is InChI=1S/C24H38N4O3S/c1-18(2)17-23-24(19(3)28(5)25-23)26-32(29,30)22-10-8-20(9-11-22)7-6-16-31-21-12-14-27(4)15-13-21/h8-11,18,21,26H,6-7,12-17H2,1-5H3. The number of anilines is 1. The van der Waals surface area contributed by atoms with E-state index in [0.717, 1.165) is 68.8 Å². The van der Waals surface area contributed by atoms with Crippen LogP contribution in [-0.4, -0.2) is 55.9 Å². The van der Waals surface area contributed by atoms with Crippen LogP contribution in [0.15, 0.2) is 29.2 Å². The molecule has 1 aromatic carbocycles. The highest BCUT2D eigenvalue weighted by Gasteiger charge is 2.21. The van der Waals surface area contributed by atoms with Gasteiger partial charge in [-0.05, 0) is 69.7 Å². The van der Waals surface area contributed by atoms with Crippen LogP contribution in [0.3, 0.4) is 0 Å². The zero-order valence-corrected chi connectivity index (χ0v) is 20.9. The molecule has 1 fully saturated rings. The topological polar surface area (TPSA) is 76.5 Å². The third kappa shape index (κ3) is 6.56. The summed E-state index contributed by atoms with van der Waals surface area (Å²) in [6, 6.07) is 7.16. The van der Waals surface area contributed by atoms with Gasteiger partial charge in [0.2, 0.25) is 0 Å². The van der Waals surface area contributed by atoms with Gasteiger partial charge in [-0.3, -0.25) is 9.40 Å². The third-order valence-corrected chi connectivity index (χ3v) is 7.47. The smallest absolute Gasteiger partial charge is 0.262 e. The maximum Gasteiger partial charge on any atom is 0.262 e. The third-order valence-electron chi connectivity index (χ3n) is 6.11. The Balaban J connectivity index is 1.56. The number of nitrogens with one attached hydrogen (secondary N) is 1. The zero-order chi connectivity index (χ0) is 23.3. The molecule has 0 saturated carbocycles. The van der Waals surface area contributed by atoms with Crippen molar-refractivity contribution >= 4 is 15.7 Å². The van der Waals surface area contributed by atoms with Gasteiger partial charge in [0.25, 0.3) is 10.0 Å². The van der Waals surface area contributed by atoms with Crippen LogP contribution < -0.4 is 4.72 Å². The van der Waals surface area contributed by atoms with E-state index in [0.29, 0.717) is 17.7 Å². The molecule has 2 aromatic rings. The molecule has 1 aromatic heterocycles. The van der Waals surface area contributed by atoms with Crippen molar-refractivity contribution in [1.29, 1.82) is 0 Å². The molecule has 0 unspecified atom stereocenters. The Hall–Kier alpha value is -1.90. The van der Waals surface area contributed by atoms with Crippen molar-refractivity contribution in [1.82, 2.24) is 14.7 Å². The lowest BCUT2D eigenvalue weighted by Gasteiger charge is -2.28. The van der Waals surface area contributed by atoms with Gasteiger partial charge in [-0.15, -0.1) is 0 Å². The molecule has 2 heterocycles. The van der Waals surface area contributed by atoms with Crippen LogP contribution in [0.25, 0.3) is 0 Å². The van der Waals surface area contributed by atoms with E-state index >= 15 is 0 Å². The number of aromatic nitrogens is 2. The summed E-state index contributed by atoms with van der Waals surface area (Å²) in [4.78, 5) is 2.60. The van der Waals surface area contributed by atoms with Crippen molar-refractivity contribution in [2.45, 2.75) is 63.9 Å². The van der Waals surface area contributed by atoms with E-state index in [1.807, 2.05) is 26.1 Å². The quantitative estimate of drug-likeness (QED) is 0.544. The molecule has 0 radical (unpaired) electrons. The van der Waals surface area contributed by atoms with E-state index in [1.54, 1.807) is 16.8 Å². The maximum atomic E-state index is 13.0. The minimum atomic E-state index is -3.67. The van der Waals surface area contributed by atoms with Crippen LogP contribution in [0.5, 0.6) is 0 Å². The number of sulfonamides is 1. The minimum Gasteiger partial charge on any atom is -0.378 e. The molecule has 178 valence electrons. The maximum absolute atomic E-state index is 13.0. The number of benzene rings is 1. The lowest BCUT2D eigenvalue weighted by atomic mass is 10.1. The van der Waals surface area contributed by atoms with Crippen LogP contribution in [0, 0.1) is 12.8 Å². The second kappa shape index (κ2) is 10.8. The van der Waals surface area contributed by atoms with Gasteiger partial charge in [0.1, 0.15) is 0 Å². The summed E-state index contributed by atoms with van der Waals surface area (Å²) in [5.74, 6) is 0.385. The molecule has 0 bridgehead atoms. The fraction of sp³-hybridized carbons (Fsp3) is 0.625. The summed E-state index contributed by atoms with van der Waals surface area (Å²) in [6.45, 7) is 9.03. The molecule has 1 aliphatic heterocycles. The first-order chi connectivity index (χ1) is 15.2. The Labute approximate surface area is 193 Å². The first-order valence-corrected chi connectivity index (χ1v) is 13.1. The molecule has 3 rings (SSSR count). The molecule has 1 N–H and O–H groups in total. The van der Waals surface area contributed by atoms with Gasteiger partial charge in [0, 0.05) is 26.7 Å². The summed E-state index contributed by atoms with van der Waals surface area (Å²) in [7, 11) is 0.313. The number of piperidine rings is 1. The summed E-state index contributed by atoms with van der Waals surface area (Å²) >= 11 is 0. The molecular weight excluding hydrogens is 424 g/mol. The number of rotatable bonds is 10. The minimum absolute atomic E-state index is 0.266. The van der Waals surface area contributed by atoms with E-state index in [1.165, 1.54) is 0 Å². The largest absolute Gasteiger partial charge is 0.378 e. The average molecular weight is 463 g/mol. The molecule has 0 spiro atoms. The van der Waals surface area contributed by atoms with Crippen molar-refractivity contribution in [3.63, 3.8) is 0 Å². The monoisotopic (exact) mass is 462 g/mol. The van der Waals surface area contributed by atoms with E-state index in [4.69, 9.17) is 4.74 Å². The zero-order valence-electron chi connectivity index (χ0n) is 20.1. The number of hydrogen-bond acceptors (Lipinski definition) is 5. The van der Waals surface area contributed by atoms with E-state index < -0.39 is 10.0 Å². The summed E-state index contributed by atoms with van der Waals surface area (Å²) in [5, 5.41) is 4.50. The second-order valence-electron chi connectivity index (χ2n) is 9.36. The van der Waals surface area contributed by atoms with Gasteiger partial charge in [-0.2, -0.15) is 5.10 Å². The average Bonchev–Trinajstić information content (AvgIpc) is 2.99. The first kappa shape index (κ1) is 24.7. The SMILES string of the molecule is Cc1c(NS(=O)(=O)c2ccc(CCCOC3CCN(C)CC3)cc2)c(CC(C)C)nn1C. The van der Waals surface area contributed by atoms with E-state index in [9.17, 15) is 8.42 Å². The fourth-order valence-corrected chi connectivity index (χ4v) is 5.19. The predicted octanol–water partition coefficient (Wildman–Crippen LogP) is 3.77. The Morgan fingerprint density at radius 3 is 2.44 bits per heavy atom. The molecule has 7 nitrogen and oxygen atoms in total. The lowest BCUT2D eigenvalue weighted by molar-refractivity contribution is 0.0116. The number of nitrogens with zero attached hydrogens (tertiary/aromatic N) is 3. The van der Waals surface area contributed by atoms with Crippen LogP contribution in [0.2, 0.25) is 0 Å². The molecular formula is C24H38N4O3S. The number of likely N-dealkylation sites (tertiary alicyclic amines) is 1. The van der Waals surface area contributed by atoms with Crippen LogP contribution in [0.1, 0.15) is 50.1 Å². The van der Waals surface area contributed by atoms with Gasteiger partial charge in [-0.25, -0.2) is 8.42 Å². The van der Waals surface area contributed by atoms with Crippen LogP contribution in [0.4, 0.5) is 5.69 Å². The molecule has 1 saturated heterocycles. The Morgan fingerprint density at radius 2 is 1.81 bits per heavy atom. The van der Waals surface area contributed by atoms with Crippen molar-refractivity contribution in [3.8, 4) is 0 Å². The molecule has 0 amide bonds. The van der Waals surface area contributed by atoms with Crippen molar-refractivity contribution in [2.75, 3.05) is 31.5 Å². The molecule has 8 heteroatoms. The lowest BCUT2D eigenvalue weighted by Crippen LogP contribution is -2.34. The van der Waals surface area contributed by atoms with E-state index in [-0.39, 0.29) is 4.90 Å². The van der Waals surface area contributed by atoms with Crippen LogP contribution >= 0.6 is 0 Å². The molecule has 0 aliphatic carbocycles. The van der Waals surface area contributed by atoms with Crippen molar-refractivity contribution in [3.05, 3.63) is 41.2 Å². The number of aryl methyl sites for hydroxylation is 2.